The van der Waals surface area contributed by atoms with Crippen molar-refractivity contribution in [3.8, 4) is 17.2 Å². The van der Waals surface area contributed by atoms with Crippen LogP contribution in [-0.2, 0) is 0 Å². The number of carbonyl (C=O) groups is 2. The third kappa shape index (κ3) is 5.22. The molecule has 2 amide bonds. The number of likely N-dealkylation sites (tertiary alicyclic amines) is 1. The smallest absolute Gasteiger partial charge is 0.321 e. The fourth-order valence-electron chi connectivity index (χ4n) is 3.67. The molecule has 6 heteroatoms. The van der Waals surface area contributed by atoms with Crippen LogP contribution in [0.5, 0.6) is 17.2 Å². The molecule has 4 rings (SSSR count). The molecular weight excluding hydrogens is 392 g/mol. The third-order valence-electron chi connectivity index (χ3n) is 5.37. The predicted molar refractivity (Wildman–Crippen MR) is 119 cm³/mol. The van der Waals surface area contributed by atoms with Gasteiger partial charge in [0.1, 0.15) is 17.2 Å². The van der Waals surface area contributed by atoms with Crippen LogP contribution in [0.2, 0.25) is 0 Å². The predicted octanol–water partition coefficient (Wildman–Crippen LogP) is 5.31. The van der Waals surface area contributed by atoms with E-state index in [1.807, 2.05) is 48.5 Å². The number of nitrogens with zero attached hydrogens (tertiary/aromatic N) is 1. The Bertz CT molecular complexity index is 1040. The molecule has 0 spiro atoms. The Morgan fingerprint density at radius 2 is 1.55 bits per heavy atom. The molecule has 3 aromatic rings. The molecule has 31 heavy (non-hydrogen) atoms. The zero-order chi connectivity index (χ0) is 21.6. The van der Waals surface area contributed by atoms with E-state index in [0.29, 0.717) is 42.9 Å². The largest absolute Gasteiger partial charge is 0.508 e. The number of para-hydroxylation sites is 1. The Balaban J connectivity index is 1.31. The maximum absolute atomic E-state index is 12.7. The molecule has 0 unspecified atom stereocenters. The maximum Gasteiger partial charge on any atom is 0.321 e. The molecular formula is C25H24N2O4. The molecule has 1 aliphatic heterocycles. The normalized spacial score (nSPS) is 14.1. The first-order valence-electron chi connectivity index (χ1n) is 10.3. The van der Waals surface area contributed by atoms with Gasteiger partial charge in [0, 0.05) is 36.3 Å². The van der Waals surface area contributed by atoms with Crippen LogP contribution in [0.15, 0.2) is 78.9 Å². The molecule has 0 atom stereocenters. The van der Waals surface area contributed by atoms with Crippen LogP contribution in [0.25, 0.3) is 0 Å². The van der Waals surface area contributed by atoms with Crippen molar-refractivity contribution in [1.82, 2.24) is 4.90 Å². The second kappa shape index (κ2) is 9.34. The highest BCUT2D eigenvalue weighted by Gasteiger charge is 2.28. The molecule has 1 fully saturated rings. The summed E-state index contributed by atoms with van der Waals surface area (Å²) in [6, 6.07) is 22.9. The van der Waals surface area contributed by atoms with Gasteiger partial charge in [-0.1, -0.05) is 24.3 Å². The Kier molecular flexibility index (Phi) is 6.17. The summed E-state index contributed by atoms with van der Waals surface area (Å²) in [6.45, 7) is 1.03. The first-order chi connectivity index (χ1) is 15.1. The minimum Gasteiger partial charge on any atom is -0.508 e. The summed E-state index contributed by atoms with van der Waals surface area (Å²) < 4.78 is 5.82. The lowest BCUT2D eigenvalue weighted by Gasteiger charge is -2.31. The summed E-state index contributed by atoms with van der Waals surface area (Å²) in [7, 11) is 0. The Morgan fingerprint density at radius 1 is 0.871 bits per heavy atom. The average Bonchev–Trinajstić information content (AvgIpc) is 2.80. The minimum atomic E-state index is -0.188. The van der Waals surface area contributed by atoms with Gasteiger partial charge >= 0.3 is 6.03 Å². The number of nitrogens with one attached hydrogen (secondary N) is 1. The van der Waals surface area contributed by atoms with Gasteiger partial charge < -0.3 is 20.1 Å². The summed E-state index contributed by atoms with van der Waals surface area (Å²) in [4.78, 5) is 27.1. The van der Waals surface area contributed by atoms with Crippen molar-refractivity contribution in [3.05, 3.63) is 84.4 Å². The van der Waals surface area contributed by atoms with Crippen molar-refractivity contribution in [2.75, 3.05) is 18.4 Å². The summed E-state index contributed by atoms with van der Waals surface area (Å²) in [5, 5.41) is 12.3. The molecule has 0 radical (unpaired) electrons. The fraction of sp³-hybridized carbons (Fsp3) is 0.200. The molecule has 3 aromatic carbocycles. The molecule has 6 nitrogen and oxygen atoms in total. The first kappa shape index (κ1) is 20.5. The van der Waals surface area contributed by atoms with Gasteiger partial charge in [-0.15, -0.1) is 0 Å². The van der Waals surface area contributed by atoms with E-state index in [1.165, 1.54) is 12.1 Å². The van der Waals surface area contributed by atoms with E-state index in [1.54, 1.807) is 23.1 Å². The average molecular weight is 416 g/mol. The van der Waals surface area contributed by atoms with Crippen molar-refractivity contribution >= 4 is 17.5 Å². The number of urea groups is 1. The highest BCUT2D eigenvalue weighted by molar-refractivity contribution is 5.98. The second-order valence-corrected chi connectivity index (χ2v) is 7.55. The minimum absolute atomic E-state index is 0.0609. The number of benzene rings is 3. The molecule has 0 aromatic heterocycles. The number of ether oxygens (including phenoxy) is 1. The van der Waals surface area contributed by atoms with Crippen LogP contribution in [0.4, 0.5) is 10.5 Å². The third-order valence-corrected chi connectivity index (χ3v) is 5.37. The SMILES string of the molecule is O=C(c1ccc(O)cc1)C1CCN(C(=O)Nc2cccc(Oc3ccccc3)c2)CC1. The Morgan fingerprint density at radius 3 is 2.26 bits per heavy atom. The zero-order valence-corrected chi connectivity index (χ0v) is 17.0. The summed E-state index contributed by atoms with van der Waals surface area (Å²) >= 11 is 0. The van der Waals surface area contributed by atoms with Gasteiger partial charge in [-0.05, 0) is 61.4 Å². The number of aromatic hydroxyl groups is 1. The number of rotatable bonds is 5. The molecule has 158 valence electrons. The maximum atomic E-state index is 12.7. The number of hydrogen-bond acceptors (Lipinski definition) is 4. The van der Waals surface area contributed by atoms with Crippen LogP contribution in [-0.4, -0.2) is 34.9 Å². The van der Waals surface area contributed by atoms with Gasteiger partial charge in [-0.25, -0.2) is 4.79 Å². The van der Waals surface area contributed by atoms with Crippen molar-refractivity contribution in [2.45, 2.75) is 12.8 Å². The topological polar surface area (TPSA) is 78.9 Å². The van der Waals surface area contributed by atoms with Gasteiger partial charge in [-0.2, -0.15) is 0 Å². The number of phenols is 1. The second-order valence-electron chi connectivity index (χ2n) is 7.55. The number of carbonyl (C=O) groups excluding carboxylic acids is 2. The van der Waals surface area contributed by atoms with E-state index in [2.05, 4.69) is 5.32 Å². The van der Waals surface area contributed by atoms with Crippen LogP contribution < -0.4 is 10.1 Å². The molecule has 0 bridgehead atoms. The molecule has 2 N–H and O–H groups in total. The van der Waals surface area contributed by atoms with Crippen LogP contribution >= 0.6 is 0 Å². The number of ketones is 1. The van der Waals surface area contributed by atoms with E-state index in [9.17, 15) is 14.7 Å². The molecule has 0 saturated carbocycles. The van der Waals surface area contributed by atoms with Crippen LogP contribution in [0.1, 0.15) is 23.2 Å². The van der Waals surface area contributed by atoms with Crippen LogP contribution in [0.3, 0.4) is 0 Å². The number of anilines is 1. The quantitative estimate of drug-likeness (QED) is 0.553. The van der Waals surface area contributed by atoms with Crippen molar-refractivity contribution < 1.29 is 19.4 Å². The number of phenolic OH excluding ortho intramolecular Hbond substituents is 1. The highest BCUT2D eigenvalue weighted by Crippen LogP contribution is 2.26. The monoisotopic (exact) mass is 416 g/mol. The van der Waals surface area contributed by atoms with E-state index in [-0.39, 0.29) is 23.5 Å². The number of amides is 2. The number of Topliss-reactive ketones (excluding diaryl/α,β-unsaturated/α-hetero) is 1. The lowest BCUT2D eigenvalue weighted by Crippen LogP contribution is -2.42. The van der Waals surface area contributed by atoms with E-state index in [4.69, 9.17) is 4.74 Å². The van der Waals surface area contributed by atoms with E-state index in [0.717, 1.165) is 5.75 Å². The van der Waals surface area contributed by atoms with E-state index >= 15 is 0 Å². The fourth-order valence-corrected chi connectivity index (χ4v) is 3.67. The van der Waals surface area contributed by atoms with Gasteiger partial charge in [-0.3, -0.25) is 4.79 Å². The summed E-state index contributed by atoms with van der Waals surface area (Å²) in [5.41, 5.74) is 1.25. The Labute approximate surface area is 181 Å². The Hall–Kier alpha value is -3.80. The highest BCUT2D eigenvalue weighted by atomic mass is 16.5. The first-order valence-corrected chi connectivity index (χ1v) is 10.3. The standard InChI is InChI=1S/C25H24N2O4/c28-21-11-9-18(10-12-21)24(29)19-13-15-27(16-14-19)25(30)26-20-5-4-8-23(17-20)31-22-6-2-1-3-7-22/h1-12,17,19,28H,13-16H2,(H,26,30). The number of hydrogen-bond donors (Lipinski definition) is 2. The number of piperidine rings is 1. The molecule has 1 saturated heterocycles. The molecule has 1 heterocycles. The van der Waals surface area contributed by atoms with Gasteiger partial charge in [0.2, 0.25) is 0 Å². The lowest BCUT2D eigenvalue weighted by molar-refractivity contribution is 0.0859. The molecule has 1 aliphatic rings. The van der Waals surface area contributed by atoms with Gasteiger partial charge in [0.15, 0.2) is 5.78 Å². The van der Waals surface area contributed by atoms with Gasteiger partial charge in [0.05, 0.1) is 0 Å². The lowest BCUT2D eigenvalue weighted by atomic mass is 9.89. The molecule has 0 aliphatic carbocycles. The van der Waals surface area contributed by atoms with Crippen molar-refractivity contribution in [1.29, 1.82) is 0 Å². The summed E-state index contributed by atoms with van der Waals surface area (Å²) in [6.07, 6.45) is 1.23. The van der Waals surface area contributed by atoms with Crippen molar-refractivity contribution in [3.63, 3.8) is 0 Å². The van der Waals surface area contributed by atoms with E-state index < -0.39 is 0 Å². The summed E-state index contributed by atoms with van der Waals surface area (Å²) in [5.74, 6) is 1.46. The van der Waals surface area contributed by atoms with Crippen LogP contribution in [0, 0.1) is 5.92 Å². The van der Waals surface area contributed by atoms with Gasteiger partial charge in [0.25, 0.3) is 0 Å². The zero-order valence-electron chi connectivity index (χ0n) is 17.0. The van der Waals surface area contributed by atoms with Crippen molar-refractivity contribution in [2.24, 2.45) is 5.92 Å².